The second kappa shape index (κ2) is 7.46. The number of likely N-dealkylation sites (N-methyl/N-ethyl adjacent to an activating group) is 1. The molecule has 2 fully saturated rings. The zero-order valence-electron chi connectivity index (χ0n) is 14.9. The van der Waals surface area contributed by atoms with E-state index < -0.39 is 0 Å². The molecule has 0 saturated heterocycles. The van der Waals surface area contributed by atoms with Gasteiger partial charge in [-0.3, -0.25) is 4.90 Å². The van der Waals surface area contributed by atoms with Gasteiger partial charge in [-0.25, -0.2) is 0 Å². The Labute approximate surface area is 132 Å². The third kappa shape index (κ3) is 4.22. The van der Waals surface area contributed by atoms with E-state index in [9.17, 15) is 0 Å². The fourth-order valence-corrected chi connectivity index (χ4v) is 5.12. The molecule has 2 rings (SSSR count). The molecule has 2 aliphatic carbocycles. The van der Waals surface area contributed by atoms with Gasteiger partial charge >= 0.3 is 0 Å². The maximum atomic E-state index is 6.33. The average Bonchev–Trinajstić information content (AvgIpc) is 2.46. The molecule has 21 heavy (non-hydrogen) atoms. The van der Waals surface area contributed by atoms with Crippen LogP contribution in [0.2, 0.25) is 0 Å². The van der Waals surface area contributed by atoms with E-state index in [2.05, 4.69) is 32.7 Å². The third-order valence-corrected chi connectivity index (χ3v) is 6.31. The monoisotopic (exact) mass is 294 g/mol. The third-order valence-electron chi connectivity index (χ3n) is 6.31. The predicted molar refractivity (Wildman–Crippen MR) is 92.4 cm³/mol. The lowest BCUT2D eigenvalue weighted by Gasteiger charge is -2.51. The van der Waals surface area contributed by atoms with Crippen molar-refractivity contribution < 1.29 is 0 Å². The predicted octanol–water partition coefficient (Wildman–Crippen LogP) is 4.43. The molecule has 0 aromatic heterocycles. The minimum absolute atomic E-state index is 0.291. The molecule has 0 spiro atoms. The number of rotatable bonds is 5. The Morgan fingerprint density at radius 2 is 1.95 bits per heavy atom. The van der Waals surface area contributed by atoms with Gasteiger partial charge in [0, 0.05) is 18.1 Å². The van der Waals surface area contributed by atoms with E-state index in [1.807, 2.05) is 0 Å². The van der Waals surface area contributed by atoms with Crippen LogP contribution >= 0.6 is 0 Å². The Hall–Kier alpha value is -0.0800. The smallest absolute Gasteiger partial charge is 0.0334 e. The van der Waals surface area contributed by atoms with Gasteiger partial charge in [0.2, 0.25) is 0 Å². The zero-order chi connectivity index (χ0) is 15.5. The molecule has 4 unspecified atom stereocenters. The Kier molecular flexibility index (Phi) is 6.14. The summed E-state index contributed by atoms with van der Waals surface area (Å²) in [6.45, 7) is 8.01. The lowest BCUT2D eigenvalue weighted by atomic mass is 9.71. The van der Waals surface area contributed by atoms with Crippen LogP contribution in [0.5, 0.6) is 0 Å². The van der Waals surface area contributed by atoms with Crippen molar-refractivity contribution in [1.29, 1.82) is 0 Å². The van der Waals surface area contributed by atoms with Crippen molar-refractivity contribution >= 4 is 0 Å². The van der Waals surface area contributed by atoms with Crippen LogP contribution in [-0.4, -0.2) is 30.1 Å². The highest BCUT2D eigenvalue weighted by Gasteiger charge is 2.41. The van der Waals surface area contributed by atoms with Gasteiger partial charge in [-0.2, -0.15) is 0 Å². The van der Waals surface area contributed by atoms with E-state index >= 15 is 0 Å². The highest BCUT2D eigenvalue weighted by molar-refractivity contribution is 4.98. The lowest BCUT2D eigenvalue weighted by Crippen LogP contribution is -2.58. The molecule has 2 nitrogen and oxygen atoms in total. The Morgan fingerprint density at radius 3 is 2.57 bits per heavy atom. The average molecular weight is 295 g/mol. The van der Waals surface area contributed by atoms with Crippen LogP contribution in [0.25, 0.3) is 0 Å². The van der Waals surface area contributed by atoms with Crippen LogP contribution in [-0.2, 0) is 0 Å². The molecule has 2 saturated carbocycles. The fraction of sp³-hybridized carbons (Fsp3) is 1.00. The van der Waals surface area contributed by atoms with E-state index in [4.69, 9.17) is 5.73 Å². The maximum absolute atomic E-state index is 6.33. The Morgan fingerprint density at radius 1 is 1.19 bits per heavy atom. The minimum Gasteiger partial charge on any atom is -0.329 e. The van der Waals surface area contributed by atoms with Gasteiger partial charge in [-0.1, -0.05) is 46.5 Å². The van der Waals surface area contributed by atoms with Gasteiger partial charge in [-0.05, 0) is 56.9 Å². The molecular formula is C19H38N2. The number of hydrogen-bond donors (Lipinski definition) is 1. The summed E-state index contributed by atoms with van der Waals surface area (Å²) >= 11 is 0. The highest BCUT2D eigenvalue weighted by atomic mass is 15.2. The molecule has 0 aliphatic heterocycles. The first-order valence-electron chi connectivity index (χ1n) is 9.40. The van der Waals surface area contributed by atoms with Gasteiger partial charge in [0.25, 0.3) is 0 Å². The standard InChI is InChI=1S/C19H38N2/c1-15(2)11-17-8-6-10-19(13-17,14-20)21(4)18-9-5-7-16(3)12-18/h15-18H,5-14,20H2,1-4H3. The molecule has 124 valence electrons. The van der Waals surface area contributed by atoms with Crippen molar-refractivity contribution in [1.82, 2.24) is 4.90 Å². The summed E-state index contributed by atoms with van der Waals surface area (Å²) in [6, 6.07) is 0.773. The fourth-order valence-electron chi connectivity index (χ4n) is 5.12. The minimum atomic E-state index is 0.291. The maximum Gasteiger partial charge on any atom is 0.0334 e. The van der Waals surface area contributed by atoms with Crippen molar-refractivity contribution in [2.75, 3.05) is 13.6 Å². The van der Waals surface area contributed by atoms with E-state index in [-0.39, 0.29) is 0 Å². The summed E-state index contributed by atoms with van der Waals surface area (Å²) in [7, 11) is 2.38. The van der Waals surface area contributed by atoms with Crippen molar-refractivity contribution in [3.8, 4) is 0 Å². The van der Waals surface area contributed by atoms with Gasteiger partial charge < -0.3 is 5.73 Å². The van der Waals surface area contributed by atoms with E-state index in [1.54, 1.807) is 0 Å². The van der Waals surface area contributed by atoms with Crippen LogP contribution in [0.15, 0.2) is 0 Å². The Balaban J connectivity index is 2.04. The molecular weight excluding hydrogens is 256 g/mol. The van der Waals surface area contributed by atoms with Crippen molar-refractivity contribution in [2.24, 2.45) is 23.5 Å². The lowest BCUT2D eigenvalue weighted by molar-refractivity contribution is 0.00207. The number of nitrogens with zero attached hydrogens (tertiary/aromatic N) is 1. The zero-order valence-corrected chi connectivity index (χ0v) is 14.9. The molecule has 0 radical (unpaired) electrons. The summed E-state index contributed by atoms with van der Waals surface area (Å²) in [5.41, 5.74) is 6.62. The van der Waals surface area contributed by atoms with Crippen LogP contribution in [0, 0.1) is 17.8 Å². The first-order valence-corrected chi connectivity index (χ1v) is 9.40. The first kappa shape index (κ1) is 17.3. The quantitative estimate of drug-likeness (QED) is 0.812. The van der Waals surface area contributed by atoms with Gasteiger partial charge in [0.1, 0.15) is 0 Å². The first-order chi connectivity index (χ1) is 9.97. The van der Waals surface area contributed by atoms with Gasteiger partial charge in [0.05, 0.1) is 0 Å². The van der Waals surface area contributed by atoms with Crippen molar-refractivity contribution in [3.05, 3.63) is 0 Å². The molecule has 0 aromatic carbocycles. The Bertz CT molecular complexity index is 315. The molecule has 2 aliphatic rings. The summed E-state index contributed by atoms with van der Waals surface area (Å²) in [5.74, 6) is 2.62. The van der Waals surface area contributed by atoms with E-state index in [0.717, 1.165) is 30.3 Å². The van der Waals surface area contributed by atoms with Crippen LogP contribution < -0.4 is 5.73 Å². The number of hydrogen-bond acceptors (Lipinski definition) is 2. The van der Waals surface area contributed by atoms with E-state index in [0.29, 0.717) is 5.54 Å². The summed E-state index contributed by atoms with van der Waals surface area (Å²) in [6.07, 6.45) is 12.4. The summed E-state index contributed by atoms with van der Waals surface area (Å²) < 4.78 is 0. The second-order valence-corrected chi connectivity index (χ2v) is 8.56. The number of nitrogens with two attached hydrogens (primary N) is 1. The van der Waals surface area contributed by atoms with Crippen LogP contribution in [0.3, 0.4) is 0 Å². The van der Waals surface area contributed by atoms with E-state index in [1.165, 1.54) is 57.8 Å². The molecule has 0 heterocycles. The topological polar surface area (TPSA) is 29.3 Å². The van der Waals surface area contributed by atoms with Crippen LogP contribution in [0.4, 0.5) is 0 Å². The SMILES string of the molecule is CC(C)CC1CCCC(CN)(N(C)C2CCCC(C)C2)C1. The largest absolute Gasteiger partial charge is 0.329 e. The molecule has 0 bridgehead atoms. The molecule has 4 atom stereocenters. The van der Waals surface area contributed by atoms with Crippen molar-refractivity contribution in [3.63, 3.8) is 0 Å². The highest BCUT2D eigenvalue weighted by Crippen LogP contribution is 2.41. The summed E-state index contributed by atoms with van der Waals surface area (Å²) in [4.78, 5) is 2.73. The van der Waals surface area contributed by atoms with Gasteiger partial charge in [0.15, 0.2) is 0 Å². The molecule has 0 aromatic rings. The van der Waals surface area contributed by atoms with Crippen molar-refractivity contribution in [2.45, 2.75) is 90.1 Å². The van der Waals surface area contributed by atoms with Crippen LogP contribution in [0.1, 0.15) is 78.6 Å². The molecule has 2 heteroatoms. The second-order valence-electron chi connectivity index (χ2n) is 8.56. The summed E-state index contributed by atoms with van der Waals surface area (Å²) in [5, 5.41) is 0. The normalized spacial score (nSPS) is 38.1. The molecule has 2 N–H and O–H groups in total. The molecule has 0 amide bonds. The van der Waals surface area contributed by atoms with Gasteiger partial charge in [-0.15, -0.1) is 0 Å².